The molecule has 2 heteroatoms. The summed E-state index contributed by atoms with van der Waals surface area (Å²) in [6, 6.07) is 39.2. The molecule has 146 valence electrons. The number of carbonyl (C=O) groups is 1. The zero-order valence-electron chi connectivity index (χ0n) is 16.4. The molecule has 0 saturated heterocycles. The second kappa shape index (κ2) is 7.70. The third-order valence-corrected chi connectivity index (χ3v) is 6.81. The maximum atomic E-state index is 13.8. The summed E-state index contributed by atoms with van der Waals surface area (Å²) < 4.78 is 0.979. The Bertz CT molecular complexity index is 1110. The third kappa shape index (κ3) is 3.03. The molecule has 5 rings (SSSR count). The van der Waals surface area contributed by atoms with Gasteiger partial charge in [-0.1, -0.05) is 119 Å². The minimum atomic E-state index is -0.367. The first kappa shape index (κ1) is 19.0. The molecule has 1 aliphatic rings. The molecule has 0 heterocycles. The van der Waals surface area contributed by atoms with E-state index in [0.717, 1.165) is 10.0 Å². The predicted molar refractivity (Wildman–Crippen MR) is 125 cm³/mol. The van der Waals surface area contributed by atoms with Crippen molar-refractivity contribution < 1.29 is 4.79 Å². The molecular formula is C28H21BrO. The van der Waals surface area contributed by atoms with Gasteiger partial charge in [0.1, 0.15) is 0 Å². The first-order valence-corrected chi connectivity index (χ1v) is 11.0. The number of rotatable bonds is 5. The summed E-state index contributed by atoms with van der Waals surface area (Å²) in [4.78, 5) is 13.8. The highest BCUT2D eigenvalue weighted by molar-refractivity contribution is 9.10. The summed E-state index contributed by atoms with van der Waals surface area (Å²) in [5.41, 5.74) is 3.99. The van der Waals surface area contributed by atoms with Crippen molar-refractivity contribution in [1.29, 1.82) is 0 Å². The van der Waals surface area contributed by atoms with E-state index in [4.69, 9.17) is 0 Å². The lowest BCUT2D eigenvalue weighted by Gasteiger charge is -2.20. The van der Waals surface area contributed by atoms with Crippen LogP contribution in [0.5, 0.6) is 0 Å². The van der Waals surface area contributed by atoms with Crippen LogP contribution in [0.2, 0.25) is 0 Å². The van der Waals surface area contributed by atoms with Crippen LogP contribution in [0, 0.1) is 5.92 Å². The van der Waals surface area contributed by atoms with Crippen LogP contribution in [0.4, 0.5) is 0 Å². The van der Waals surface area contributed by atoms with Crippen LogP contribution in [-0.2, 0) is 5.41 Å². The molecule has 4 aromatic carbocycles. The Hall–Kier alpha value is -2.97. The van der Waals surface area contributed by atoms with Gasteiger partial charge >= 0.3 is 0 Å². The third-order valence-electron chi connectivity index (χ3n) is 6.28. The number of carbonyl (C=O) groups excluding carboxylic acids is 1. The summed E-state index contributed by atoms with van der Waals surface area (Å²) >= 11 is 3.48. The van der Waals surface area contributed by atoms with Crippen LogP contribution in [0.1, 0.15) is 33.0 Å². The van der Waals surface area contributed by atoms with Gasteiger partial charge in [-0.15, -0.1) is 0 Å². The number of halogens is 1. The molecule has 0 aromatic heterocycles. The van der Waals surface area contributed by atoms with E-state index in [1.807, 2.05) is 42.5 Å². The molecule has 2 atom stereocenters. The molecule has 0 amide bonds. The van der Waals surface area contributed by atoms with Crippen LogP contribution in [0.3, 0.4) is 0 Å². The van der Waals surface area contributed by atoms with Crippen molar-refractivity contribution in [1.82, 2.24) is 0 Å². The van der Waals surface area contributed by atoms with Gasteiger partial charge in [-0.05, 0) is 28.8 Å². The fraction of sp³-hybridized carbons (Fsp3) is 0.107. The van der Waals surface area contributed by atoms with E-state index >= 15 is 0 Å². The first-order chi connectivity index (χ1) is 14.7. The molecule has 1 nitrogen and oxygen atoms in total. The lowest BCUT2D eigenvalue weighted by atomic mass is 9.82. The Labute approximate surface area is 185 Å². The maximum Gasteiger partial charge on any atom is 0.167 e. The maximum absolute atomic E-state index is 13.8. The first-order valence-electron chi connectivity index (χ1n) is 10.2. The van der Waals surface area contributed by atoms with Crippen LogP contribution in [0.25, 0.3) is 0 Å². The van der Waals surface area contributed by atoms with Crippen molar-refractivity contribution in [3.05, 3.63) is 142 Å². The Kier molecular flexibility index (Phi) is 4.88. The van der Waals surface area contributed by atoms with Crippen molar-refractivity contribution in [2.24, 2.45) is 5.92 Å². The summed E-state index contributed by atoms with van der Waals surface area (Å²) in [7, 11) is 0. The van der Waals surface area contributed by atoms with Gasteiger partial charge in [-0.25, -0.2) is 0 Å². The molecule has 1 aliphatic carbocycles. The second-order valence-electron chi connectivity index (χ2n) is 7.84. The SMILES string of the molecule is O=C(c1ccc(Br)cc1)[C@H]1[C@@H](c2ccccc2)C1(c1ccccc1)c1ccccc1. The highest BCUT2D eigenvalue weighted by atomic mass is 79.9. The molecule has 1 fully saturated rings. The average Bonchev–Trinajstić information content (AvgIpc) is 3.52. The topological polar surface area (TPSA) is 17.1 Å². The van der Waals surface area contributed by atoms with Gasteiger partial charge in [0, 0.05) is 27.3 Å². The number of hydrogen-bond donors (Lipinski definition) is 0. The second-order valence-corrected chi connectivity index (χ2v) is 8.75. The zero-order valence-corrected chi connectivity index (χ0v) is 18.0. The van der Waals surface area contributed by atoms with E-state index in [9.17, 15) is 4.79 Å². The van der Waals surface area contributed by atoms with Gasteiger partial charge in [0.2, 0.25) is 0 Å². The van der Waals surface area contributed by atoms with Gasteiger partial charge in [-0.3, -0.25) is 4.79 Å². The largest absolute Gasteiger partial charge is 0.294 e. The molecule has 0 radical (unpaired) electrons. The molecule has 1 saturated carbocycles. The Balaban J connectivity index is 1.72. The van der Waals surface area contributed by atoms with Crippen LogP contribution in [-0.4, -0.2) is 5.78 Å². The van der Waals surface area contributed by atoms with Crippen LogP contribution < -0.4 is 0 Å². The van der Waals surface area contributed by atoms with E-state index in [-0.39, 0.29) is 23.0 Å². The Morgan fingerprint density at radius 3 is 1.60 bits per heavy atom. The van der Waals surface area contributed by atoms with Gasteiger partial charge in [0.05, 0.1) is 0 Å². The predicted octanol–water partition coefficient (Wildman–Crippen LogP) is 7.03. The Morgan fingerprint density at radius 2 is 1.10 bits per heavy atom. The Morgan fingerprint density at radius 1 is 0.633 bits per heavy atom. The lowest BCUT2D eigenvalue weighted by molar-refractivity contribution is 0.0958. The summed E-state index contributed by atoms with van der Waals surface area (Å²) in [5.74, 6) is 0.148. The van der Waals surface area contributed by atoms with Gasteiger partial charge < -0.3 is 0 Å². The normalized spacial score (nSPS) is 19.2. The number of Topliss-reactive ketones (excluding diaryl/α,β-unsaturated/α-hetero) is 1. The van der Waals surface area contributed by atoms with Crippen molar-refractivity contribution in [3.8, 4) is 0 Å². The number of benzene rings is 4. The fourth-order valence-corrected chi connectivity index (χ4v) is 5.23. The van der Waals surface area contributed by atoms with Crippen LogP contribution in [0.15, 0.2) is 120 Å². The number of hydrogen-bond acceptors (Lipinski definition) is 1. The molecule has 30 heavy (non-hydrogen) atoms. The van der Waals surface area contributed by atoms with Gasteiger partial charge in [0.25, 0.3) is 0 Å². The van der Waals surface area contributed by atoms with Gasteiger partial charge in [-0.2, -0.15) is 0 Å². The molecule has 4 aromatic rings. The molecule has 0 spiro atoms. The molecule has 0 N–H and O–H groups in total. The highest BCUT2D eigenvalue weighted by Crippen LogP contribution is 2.69. The zero-order chi connectivity index (χ0) is 20.6. The van der Waals surface area contributed by atoms with Crippen LogP contribution >= 0.6 is 15.9 Å². The van der Waals surface area contributed by atoms with E-state index < -0.39 is 0 Å². The van der Waals surface area contributed by atoms with E-state index in [2.05, 4.69) is 88.7 Å². The summed E-state index contributed by atoms with van der Waals surface area (Å²) in [6.07, 6.45) is 0. The fourth-order valence-electron chi connectivity index (χ4n) is 4.97. The van der Waals surface area contributed by atoms with Gasteiger partial charge in [0.15, 0.2) is 5.78 Å². The lowest BCUT2D eigenvalue weighted by Crippen LogP contribution is -2.17. The molecule has 0 unspecified atom stereocenters. The van der Waals surface area contributed by atoms with Crippen molar-refractivity contribution in [2.75, 3.05) is 0 Å². The summed E-state index contributed by atoms with van der Waals surface area (Å²) in [6.45, 7) is 0. The molecule has 0 aliphatic heterocycles. The van der Waals surface area contributed by atoms with E-state index in [1.165, 1.54) is 16.7 Å². The van der Waals surface area contributed by atoms with E-state index in [0.29, 0.717) is 0 Å². The minimum Gasteiger partial charge on any atom is -0.294 e. The monoisotopic (exact) mass is 452 g/mol. The average molecular weight is 453 g/mol. The van der Waals surface area contributed by atoms with Crippen molar-refractivity contribution in [2.45, 2.75) is 11.3 Å². The quantitative estimate of drug-likeness (QED) is 0.297. The standard InChI is InChI=1S/C28H21BrO/c29-24-18-16-21(17-19-24)27(30)26-25(20-10-4-1-5-11-20)28(26,22-12-6-2-7-13-22)23-14-8-3-9-15-23/h1-19,25-26H/t25-,26-/m1/s1. The van der Waals surface area contributed by atoms with E-state index in [1.54, 1.807) is 0 Å². The minimum absolute atomic E-state index is 0.0969. The molecule has 0 bridgehead atoms. The smallest absolute Gasteiger partial charge is 0.167 e. The molecular weight excluding hydrogens is 432 g/mol. The highest BCUT2D eigenvalue weighted by Gasteiger charge is 2.69. The summed E-state index contributed by atoms with van der Waals surface area (Å²) in [5, 5.41) is 0. The van der Waals surface area contributed by atoms with Crippen molar-refractivity contribution in [3.63, 3.8) is 0 Å². The van der Waals surface area contributed by atoms with Crippen molar-refractivity contribution >= 4 is 21.7 Å². The number of ketones is 1.